The van der Waals surface area contributed by atoms with Crippen molar-refractivity contribution < 1.29 is 14.3 Å². The van der Waals surface area contributed by atoms with E-state index in [0.717, 1.165) is 55.4 Å². The molecular formula is C29H32N6O3. The average Bonchev–Trinajstić information content (AvgIpc) is 3.60. The molecule has 1 aliphatic heterocycles. The Balaban J connectivity index is 1.20. The minimum Gasteiger partial charge on any atom is -0.493 e. The maximum absolute atomic E-state index is 13.0. The summed E-state index contributed by atoms with van der Waals surface area (Å²) in [5, 5.41) is 15.9. The van der Waals surface area contributed by atoms with Crippen molar-refractivity contribution in [2.75, 3.05) is 11.9 Å². The van der Waals surface area contributed by atoms with Crippen LogP contribution < -0.4 is 14.8 Å². The molecule has 4 aromatic rings. The number of ether oxygens (including phenoxy) is 2. The van der Waals surface area contributed by atoms with Crippen LogP contribution in [0, 0.1) is 5.92 Å². The summed E-state index contributed by atoms with van der Waals surface area (Å²) in [6, 6.07) is 14.9. The highest BCUT2D eigenvalue weighted by Crippen LogP contribution is 2.33. The van der Waals surface area contributed by atoms with E-state index in [1.807, 2.05) is 30.3 Å². The Morgan fingerprint density at radius 2 is 1.84 bits per heavy atom. The van der Waals surface area contributed by atoms with Crippen molar-refractivity contribution in [1.82, 2.24) is 24.5 Å². The number of aromatic nitrogens is 5. The van der Waals surface area contributed by atoms with Gasteiger partial charge in [0.25, 0.3) is 5.91 Å². The molecule has 0 atom stereocenters. The first-order valence-corrected chi connectivity index (χ1v) is 13.4. The van der Waals surface area contributed by atoms with Crippen LogP contribution in [-0.4, -0.2) is 37.1 Å². The fourth-order valence-corrected chi connectivity index (χ4v) is 4.77. The molecule has 1 amide bonds. The maximum atomic E-state index is 13.0. The molecule has 0 spiro atoms. The molecule has 2 aromatic carbocycles. The van der Waals surface area contributed by atoms with Gasteiger partial charge in [-0.3, -0.25) is 9.48 Å². The van der Waals surface area contributed by atoms with E-state index in [-0.39, 0.29) is 5.91 Å². The fourth-order valence-electron chi connectivity index (χ4n) is 4.77. The van der Waals surface area contributed by atoms with Gasteiger partial charge in [-0.1, -0.05) is 19.3 Å². The molecule has 9 nitrogen and oxygen atoms in total. The quantitative estimate of drug-likeness (QED) is 0.312. The number of carbonyl (C=O) groups is 1. The van der Waals surface area contributed by atoms with Crippen LogP contribution in [0.5, 0.6) is 17.2 Å². The lowest BCUT2D eigenvalue weighted by Crippen LogP contribution is -2.13. The van der Waals surface area contributed by atoms with Crippen molar-refractivity contribution in [3.05, 3.63) is 66.1 Å². The van der Waals surface area contributed by atoms with E-state index in [2.05, 4.69) is 25.2 Å². The third-order valence-corrected chi connectivity index (χ3v) is 7.05. The normalized spacial score (nSPS) is 15.0. The lowest BCUT2D eigenvalue weighted by atomic mass is 10.1. The Hall–Kier alpha value is -4.14. The molecule has 3 heterocycles. The number of hydrogen-bond donors (Lipinski definition) is 1. The fraction of sp³-hybridized carbons (Fsp3) is 0.379. The summed E-state index contributed by atoms with van der Waals surface area (Å²) in [6.07, 6.45) is 9.86. The summed E-state index contributed by atoms with van der Waals surface area (Å²) in [7, 11) is 1.81. The number of carbonyl (C=O) groups excluding carboxylic acids is 1. The van der Waals surface area contributed by atoms with Gasteiger partial charge in [0.2, 0.25) is 0 Å². The van der Waals surface area contributed by atoms with Gasteiger partial charge in [-0.05, 0) is 61.6 Å². The summed E-state index contributed by atoms with van der Waals surface area (Å²) in [6.45, 7) is 1.57. The molecule has 2 aliphatic rings. The van der Waals surface area contributed by atoms with Crippen molar-refractivity contribution >= 4 is 11.7 Å². The number of amides is 1. The summed E-state index contributed by atoms with van der Waals surface area (Å²) >= 11 is 0. The monoisotopic (exact) mass is 512 g/mol. The van der Waals surface area contributed by atoms with Crippen LogP contribution >= 0.6 is 0 Å². The van der Waals surface area contributed by atoms with Crippen LogP contribution in [0.1, 0.15) is 54.7 Å². The van der Waals surface area contributed by atoms with E-state index < -0.39 is 0 Å². The second-order valence-corrected chi connectivity index (χ2v) is 10.1. The molecule has 1 aliphatic carbocycles. The van der Waals surface area contributed by atoms with E-state index in [0.29, 0.717) is 35.2 Å². The van der Waals surface area contributed by atoms with Gasteiger partial charge in [-0.15, -0.1) is 10.2 Å². The number of hydrogen-bond acceptors (Lipinski definition) is 6. The minimum absolute atomic E-state index is 0.274. The SMILES string of the molecule is Cn1ccc(NC(=O)c2cc(OCCC3CC3)cc(Oc3ccc(-c4nnc5n4CCCCC5)cc3)c2)n1. The summed E-state index contributed by atoms with van der Waals surface area (Å²) in [5.74, 6) is 4.74. The molecule has 1 saturated carbocycles. The Bertz CT molecular complexity index is 1420. The van der Waals surface area contributed by atoms with Gasteiger partial charge in [0.1, 0.15) is 23.1 Å². The van der Waals surface area contributed by atoms with Gasteiger partial charge in [-0.25, -0.2) is 0 Å². The van der Waals surface area contributed by atoms with Crippen molar-refractivity contribution in [1.29, 1.82) is 0 Å². The zero-order chi connectivity index (χ0) is 25.9. The number of aryl methyl sites for hydroxylation is 2. The van der Waals surface area contributed by atoms with Gasteiger partial charge in [0.05, 0.1) is 6.61 Å². The first-order valence-electron chi connectivity index (χ1n) is 13.4. The van der Waals surface area contributed by atoms with Crippen molar-refractivity contribution in [3.8, 4) is 28.6 Å². The Morgan fingerprint density at radius 3 is 2.63 bits per heavy atom. The second-order valence-electron chi connectivity index (χ2n) is 10.1. The van der Waals surface area contributed by atoms with Gasteiger partial charge in [0, 0.05) is 49.5 Å². The zero-order valence-electron chi connectivity index (χ0n) is 21.6. The molecule has 0 saturated heterocycles. The van der Waals surface area contributed by atoms with Crippen LogP contribution in [-0.2, 0) is 20.0 Å². The van der Waals surface area contributed by atoms with Crippen molar-refractivity contribution in [2.24, 2.45) is 13.0 Å². The lowest BCUT2D eigenvalue weighted by molar-refractivity contribution is 0.102. The maximum Gasteiger partial charge on any atom is 0.257 e. The van der Waals surface area contributed by atoms with Gasteiger partial charge < -0.3 is 19.4 Å². The van der Waals surface area contributed by atoms with Crippen LogP contribution in [0.4, 0.5) is 5.82 Å². The smallest absolute Gasteiger partial charge is 0.257 e. The van der Waals surface area contributed by atoms with Gasteiger partial charge in [0.15, 0.2) is 11.6 Å². The van der Waals surface area contributed by atoms with Crippen LogP contribution in [0.15, 0.2) is 54.7 Å². The Morgan fingerprint density at radius 1 is 1.00 bits per heavy atom. The molecule has 38 heavy (non-hydrogen) atoms. The van der Waals surface area contributed by atoms with Crippen LogP contribution in [0.3, 0.4) is 0 Å². The van der Waals surface area contributed by atoms with Crippen molar-refractivity contribution in [3.63, 3.8) is 0 Å². The predicted octanol–water partition coefficient (Wildman–Crippen LogP) is 5.63. The summed E-state index contributed by atoms with van der Waals surface area (Å²) in [4.78, 5) is 13.0. The van der Waals surface area contributed by atoms with E-state index in [1.165, 1.54) is 19.3 Å². The molecule has 0 bridgehead atoms. The zero-order valence-corrected chi connectivity index (χ0v) is 21.6. The molecule has 196 valence electrons. The molecule has 2 aromatic heterocycles. The Kier molecular flexibility index (Phi) is 6.81. The summed E-state index contributed by atoms with van der Waals surface area (Å²) in [5.41, 5.74) is 1.45. The molecule has 0 unspecified atom stereocenters. The molecule has 6 rings (SSSR count). The van der Waals surface area contributed by atoms with E-state index >= 15 is 0 Å². The number of nitrogens with one attached hydrogen (secondary N) is 1. The molecule has 1 N–H and O–H groups in total. The number of benzene rings is 2. The van der Waals surface area contributed by atoms with Gasteiger partial charge >= 0.3 is 0 Å². The van der Waals surface area contributed by atoms with Gasteiger partial charge in [-0.2, -0.15) is 5.10 Å². The Labute approximate surface area is 221 Å². The number of nitrogens with zero attached hydrogens (tertiary/aromatic N) is 5. The molecule has 9 heteroatoms. The first-order chi connectivity index (χ1) is 18.6. The lowest BCUT2D eigenvalue weighted by Gasteiger charge is -2.13. The highest BCUT2D eigenvalue weighted by molar-refractivity contribution is 6.04. The molecule has 0 radical (unpaired) electrons. The second kappa shape index (κ2) is 10.7. The largest absolute Gasteiger partial charge is 0.493 e. The third kappa shape index (κ3) is 5.72. The molecular weight excluding hydrogens is 480 g/mol. The standard InChI is InChI=1S/C29H32N6O3/c1-34-15-12-26(33-34)30-29(36)22-17-24(37-16-13-20-6-7-20)19-25(18-22)38-23-10-8-21(9-11-23)28-32-31-27-5-3-2-4-14-35(27)28/h8-12,15,17-20H,2-7,13-14,16H2,1H3,(H,30,33,36). The predicted molar refractivity (Wildman–Crippen MR) is 144 cm³/mol. The van der Waals surface area contributed by atoms with Crippen molar-refractivity contribution in [2.45, 2.75) is 51.5 Å². The van der Waals surface area contributed by atoms with Crippen LogP contribution in [0.2, 0.25) is 0 Å². The summed E-state index contributed by atoms with van der Waals surface area (Å²) < 4.78 is 16.1. The first kappa shape index (κ1) is 24.2. The third-order valence-electron chi connectivity index (χ3n) is 7.05. The van der Waals surface area contributed by atoms with E-state index in [1.54, 1.807) is 36.1 Å². The average molecular weight is 513 g/mol. The van der Waals surface area contributed by atoms with Crippen LogP contribution in [0.25, 0.3) is 11.4 Å². The number of fused-ring (bicyclic) bond motifs is 1. The minimum atomic E-state index is -0.274. The van der Waals surface area contributed by atoms with E-state index in [9.17, 15) is 4.79 Å². The highest BCUT2D eigenvalue weighted by atomic mass is 16.5. The van der Waals surface area contributed by atoms with E-state index in [4.69, 9.17) is 9.47 Å². The molecule has 1 fully saturated rings. The topological polar surface area (TPSA) is 96.1 Å². The number of rotatable bonds is 9. The number of anilines is 1. The highest BCUT2D eigenvalue weighted by Gasteiger charge is 2.21.